The van der Waals surface area contributed by atoms with Crippen molar-refractivity contribution in [2.45, 2.75) is 0 Å². The van der Waals surface area contributed by atoms with E-state index in [4.69, 9.17) is 23.3 Å². The van der Waals surface area contributed by atoms with Crippen molar-refractivity contribution in [2.75, 3.05) is 0 Å². The van der Waals surface area contributed by atoms with Crippen molar-refractivity contribution < 1.29 is 147 Å². The van der Waals surface area contributed by atoms with Gasteiger partial charge in [0.25, 0.3) is 0 Å². The molecule has 0 saturated carbocycles. The third kappa shape index (κ3) is 165. The van der Waals surface area contributed by atoms with Gasteiger partial charge in [-0.05, 0) is 0 Å². The molecule has 0 aliphatic rings. The van der Waals surface area contributed by atoms with Crippen molar-refractivity contribution in [2.24, 2.45) is 0 Å². The molecule has 14 heavy (non-hydrogen) atoms. The molecule has 0 aromatic heterocycles. The summed E-state index contributed by atoms with van der Waals surface area (Å²) in [5.41, 5.74) is 0. The average Bonchev–Trinajstić information content (AvgIpc) is 2.20. The first-order valence-electron chi connectivity index (χ1n) is 0.845. The molecular weight excluding hydrogens is 349 g/mol. The van der Waals surface area contributed by atoms with Crippen LogP contribution in [0.25, 0.3) is 0 Å². The largest absolute Gasteiger partial charge is 1.00 e. The van der Waals surface area contributed by atoms with Gasteiger partial charge in [-0.2, -0.15) is 0 Å². The normalized spacial score (nSPS) is 2.14. The van der Waals surface area contributed by atoms with Gasteiger partial charge in [0.2, 0.25) is 0 Å². The van der Waals surface area contributed by atoms with Crippen LogP contribution >= 0.6 is 59.3 Å². The maximum atomic E-state index is 6.47. The second-order valence-electron chi connectivity index (χ2n) is 0. The fraction of sp³-hybridized carbons (Fsp3) is 0. The molecule has 78 valence electrons. The number of hydrogen-bond acceptors (Lipinski definition) is 5. The van der Waals surface area contributed by atoms with Crippen LogP contribution in [-0.4, -0.2) is 23.3 Å². The molecule has 0 heterocycles. The van der Waals surface area contributed by atoms with E-state index in [1.807, 2.05) is 0 Å². The molecule has 0 atom stereocenters. The Morgan fingerprint density at radius 1 is 0.357 bits per heavy atom. The van der Waals surface area contributed by atoms with Crippen molar-refractivity contribution in [1.29, 1.82) is 0 Å². The second-order valence-corrected chi connectivity index (χ2v) is 0. The Balaban J connectivity index is -0.00000000142. The first-order valence-corrected chi connectivity index (χ1v) is 2.54. The Kier molecular flexibility index (Phi) is 859. The molecule has 0 aliphatic carbocycles. The molecule has 0 bridgehead atoms. The molecular formula is H9Cl5Na4O5. The van der Waals surface area contributed by atoms with E-state index in [1.54, 1.807) is 0 Å². The molecule has 0 aliphatic heterocycles. The van der Waals surface area contributed by atoms with E-state index in [2.05, 4.69) is 59.3 Å². The molecule has 5 N–H and O–H groups in total. The zero-order valence-corrected chi connectivity index (χ0v) is 19.9. The van der Waals surface area contributed by atoms with Gasteiger partial charge in [0, 0.05) is 0 Å². The van der Waals surface area contributed by atoms with Gasteiger partial charge in [-0.1, -0.05) is 0 Å². The van der Waals surface area contributed by atoms with E-state index >= 15 is 0 Å². The Labute approximate surface area is 202 Å². The van der Waals surface area contributed by atoms with Crippen molar-refractivity contribution in [3.05, 3.63) is 0 Å². The fourth-order valence-electron chi connectivity index (χ4n) is 0. The minimum Gasteiger partial charge on any atom is -1.00 e. The average molecular weight is 358 g/mol. The summed E-state index contributed by atoms with van der Waals surface area (Å²) in [7, 11) is 0. The molecule has 0 radical (unpaired) electrons. The van der Waals surface area contributed by atoms with E-state index in [9.17, 15) is 0 Å². The van der Waals surface area contributed by atoms with Crippen LogP contribution in [0.4, 0.5) is 0 Å². The zero-order valence-electron chi connectivity index (χ0n) is 12.1. The monoisotopic (exact) mass is 356 g/mol. The Bertz CT molecular complexity index is 35.8. The van der Waals surface area contributed by atoms with E-state index < -0.39 is 0 Å². The van der Waals surface area contributed by atoms with Crippen LogP contribution in [-0.2, 0) is 0 Å². The van der Waals surface area contributed by atoms with Crippen molar-refractivity contribution in [3.8, 4) is 0 Å². The zero-order chi connectivity index (χ0) is 10.0. The van der Waals surface area contributed by atoms with Gasteiger partial charge < -0.3 is 5.71 Å². The SMILES string of the molecule is OCl.OCl.OCl.OCl.OCl.[H-].[H-].[H-].[H-].[Na+].[Na+].[Na+].[Na+]. The summed E-state index contributed by atoms with van der Waals surface area (Å²) in [6, 6.07) is 0. The van der Waals surface area contributed by atoms with Gasteiger partial charge in [0.15, 0.2) is 0 Å². The Hall–Kier alpha value is 5.25. The Morgan fingerprint density at radius 2 is 0.357 bits per heavy atom. The van der Waals surface area contributed by atoms with Gasteiger partial charge in [0.05, 0.1) is 59.3 Å². The second kappa shape index (κ2) is 197. The quantitative estimate of drug-likeness (QED) is 0.277. The third-order valence-corrected chi connectivity index (χ3v) is 0. The standard InChI is InChI=1S/5ClHO.4Na.4H/c5*1-2;;;;;;;;/h5*2H;;;;;;;;/q;;;;;4*+1;4*-1. The molecule has 0 aromatic rings. The molecule has 0 saturated heterocycles. The third-order valence-electron chi connectivity index (χ3n) is 0. The van der Waals surface area contributed by atoms with Crippen LogP contribution in [0.3, 0.4) is 0 Å². The summed E-state index contributed by atoms with van der Waals surface area (Å²) in [4.78, 5) is 0. The smallest absolute Gasteiger partial charge is 1.00 e. The molecule has 0 amide bonds. The molecule has 14 heteroatoms. The van der Waals surface area contributed by atoms with Gasteiger partial charge in [-0.15, -0.1) is 0 Å². The summed E-state index contributed by atoms with van der Waals surface area (Å²) in [6.45, 7) is 0. The van der Waals surface area contributed by atoms with Crippen LogP contribution in [0, 0.1) is 0 Å². The topological polar surface area (TPSA) is 101 Å². The first-order chi connectivity index (χ1) is 5.00. The van der Waals surface area contributed by atoms with Gasteiger partial charge in [-0.25, -0.2) is 0 Å². The molecule has 0 spiro atoms. The predicted octanol–water partition coefficient (Wildman–Crippen LogP) is -10.9. The summed E-state index contributed by atoms with van der Waals surface area (Å²) in [5.74, 6) is 0. The van der Waals surface area contributed by atoms with Crippen molar-refractivity contribution in [3.63, 3.8) is 0 Å². The van der Waals surface area contributed by atoms with Crippen LogP contribution < -0.4 is 118 Å². The van der Waals surface area contributed by atoms with E-state index in [0.717, 1.165) is 0 Å². The molecule has 0 fully saturated rings. The van der Waals surface area contributed by atoms with Gasteiger partial charge in [-0.3, -0.25) is 23.3 Å². The van der Waals surface area contributed by atoms with Gasteiger partial charge >= 0.3 is 118 Å². The van der Waals surface area contributed by atoms with E-state index in [0.29, 0.717) is 0 Å². The maximum absolute atomic E-state index is 6.47. The number of rotatable bonds is 0. The molecule has 0 unspecified atom stereocenters. The summed E-state index contributed by atoms with van der Waals surface area (Å²) < 4.78 is 32.4. The number of halogens is 5. The van der Waals surface area contributed by atoms with Crippen LogP contribution in [0.2, 0.25) is 0 Å². The predicted molar refractivity (Wildman–Crippen MR) is 44.8 cm³/mol. The summed E-state index contributed by atoms with van der Waals surface area (Å²) >= 11 is 18.2. The van der Waals surface area contributed by atoms with Crippen LogP contribution in [0.1, 0.15) is 5.71 Å². The van der Waals surface area contributed by atoms with Gasteiger partial charge in [0.1, 0.15) is 0 Å². The summed E-state index contributed by atoms with van der Waals surface area (Å²) in [6.07, 6.45) is 0. The summed E-state index contributed by atoms with van der Waals surface area (Å²) in [5, 5.41) is 0. The molecule has 0 rings (SSSR count). The van der Waals surface area contributed by atoms with Crippen molar-refractivity contribution in [1.82, 2.24) is 0 Å². The minimum atomic E-state index is 0. The Morgan fingerprint density at radius 3 is 0.357 bits per heavy atom. The van der Waals surface area contributed by atoms with Crippen LogP contribution in [0.5, 0.6) is 0 Å². The van der Waals surface area contributed by atoms with Crippen molar-refractivity contribution >= 4 is 59.3 Å². The van der Waals surface area contributed by atoms with Crippen LogP contribution in [0.15, 0.2) is 0 Å². The number of hydrogen-bond donors (Lipinski definition) is 5. The maximum Gasteiger partial charge on any atom is 1.00 e. The molecule has 5 nitrogen and oxygen atoms in total. The fourth-order valence-corrected chi connectivity index (χ4v) is 0. The van der Waals surface area contributed by atoms with E-state index in [-0.39, 0.29) is 124 Å². The minimum absolute atomic E-state index is 0. The van der Waals surface area contributed by atoms with E-state index in [1.165, 1.54) is 0 Å². The first kappa shape index (κ1) is 61.0. The molecule has 0 aromatic carbocycles.